The van der Waals surface area contributed by atoms with Crippen molar-refractivity contribution in [2.75, 3.05) is 18.9 Å². The smallest absolute Gasteiger partial charge is 0.254 e. The van der Waals surface area contributed by atoms with Crippen molar-refractivity contribution in [3.63, 3.8) is 0 Å². The van der Waals surface area contributed by atoms with Gasteiger partial charge in [-0.3, -0.25) is 4.79 Å². The second kappa shape index (κ2) is 6.02. The predicted molar refractivity (Wildman–Crippen MR) is 71.3 cm³/mol. The Kier molecular flexibility index (Phi) is 4.37. The lowest BCUT2D eigenvalue weighted by atomic mass is 9.93. The van der Waals surface area contributed by atoms with Gasteiger partial charge in [-0.25, -0.2) is 4.39 Å². The van der Waals surface area contributed by atoms with Crippen LogP contribution in [-0.2, 0) is 4.74 Å². The van der Waals surface area contributed by atoms with E-state index in [2.05, 4.69) is 5.32 Å². The molecule has 1 aromatic rings. The van der Waals surface area contributed by atoms with Crippen LogP contribution in [0.25, 0.3) is 0 Å². The second-order valence-corrected chi connectivity index (χ2v) is 4.95. The number of nitrogens with one attached hydrogen (secondary N) is 1. The highest BCUT2D eigenvalue weighted by molar-refractivity contribution is 5.95. The number of amides is 1. The lowest BCUT2D eigenvalue weighted by Gasteiger charge is -2.28. The third kappa shape index (κ3) is 3.44. The topological polar surface area (TPSA) is 64.4 Å². The molecule has 0 saturated carbocycles. The predicted octanol–water partition coefficient (Wildman–Crippen LogP) is 1.95. The van der Waals surface area contributed by atoms with Crippen LogP contribution in [-0.4, -0.2) is 25.2 Å². The molecule has 0 aromatic heterocycles. The maximum atomic E-state index is 13.6. The molecule has 104 valence electrons. The van der Waals surface area contributed by atoms with Crippen LogP contribution in [0.4, 0.5) is 10.1 Å². The molecule has 1 unspecified atom stereocenters. The van der Waals surface area contributed by atoms with E-state index in [1.165, 1.54) is 18.2 Å². The first kappa shape index (κ1) is 13.8. The molecule has 19 heavy (non-hydrogen) atoms. The van der Waals surface area contributed by atoms with Crippen molar-refractivity contribution in [2.24, 2.45) is 5.92 Å². The molecule has 1 fully saturated rings. The van der Waals surface area contributed by atoms with Crippen LogP contribution in [0.3, 0.4) is 0 Å². The second-order valence-electron chi connectivity index (χ2n) is 4.95. The van der Waals surface area contributed by atoms with Gasteiger partial charge in [-0.15, -0.1) is 0 Å². The van der Waals surface area contributed by atoms with Crippen LogP contribution >= 0.6 is 0 Å². The molecule has 1 amide bonds. The zero-order valence-corrected chi connectivity index (χ0v) is 11.0. The molecule has 0 bridgehead atoms. The number of anilines is 1. The van der Waals surface area contributed by atoms with Crippen molar-refractivity contribution in [1.82, 2.24) is 5.32 Å². The minimum Gasteiger partial charge on any atom is -0.399 e. The molecule has 0 aliphatic carbocycles. The van der Waals surface area contributed by atoms with Gasteiger partial charge in [-0.1, -0.05) is 0 Å². The van der Waals surface area contributed by atoms with Crippen molar-refractivity contribution >= 4 is 11.6 Å². The van der Waals surface area contributed by atoms with E-state index in [4.69, 9.17) is 10.5 Å². The van der Waals surface area contributed by atoms with E-state index in [1.54, 1.807) is 0 Å². The lowest BCUT2D eigenvalue weighted by molar-refractivity contribution is 0.0538. The van der Waals surface area contributed by atoms with E-state index in [0.717, 1.165) is 26.1 Å². The van der Waals surface area contributed by atoms with Crippen LogP contribution in [0.15, 0.2) is 18.2 Å². The summed E-state index contributed by atoms with van der Waals surface area (Å²) in [6, 6.07) is 4.01. The Balaban J connectivity index is 2.01. The van der Waals surface area contributed by atoms with E-state index in [9.17, 15) is 9.18 Å². The molecule has 1 aliphatic rings. The fourth-order valence-corrected chi connectivity index (χ4v) is 2.34. The van der Waals surface area contributed by atoms with Gasteiger partial charge >= 0.3 is 0 Å². The molecule has 5 heteroatoms. The Hall–Kier alpha value is -1.62. The van der Waals surface area contributed by atoms with Gasteiger partial charge in [0, 0.05) is 24.9 Å². The van der Waals surface area contributed by atoms with E-state index in [1.807, 2.05) is 6.92 Å². The average Bonchev–Trinajstić information content (AvgIpc) is 2.42. The minimum absolute atomic E-state index is 0.00101. The van der Waals surface area contributed by atoms with Crippen molar-refractivity contribution < 1.29 is 13.9 Å². The van der Waals surface area contributed by atoms with Crippen molar-refractivity contribution in [3.05, 3.63) is 29.6 Å². The largest absolute Gasteiger partial charge is 0.399 e. The Labute approximate surface area is 112 Å². The van der Waals surface area contributed by atoms with Crippen molar-refractivity contribution in [3.8, 4) is 0 Å². The average molecular weight is 266 g/mol. The van der Waals surface area contributed by atoms with Gasteiger partial charge in [0.2, 0.25) is 0 Å². The summed E-state index contributed by atoms with van der Waals surface area (Å²) in [5.74, 6) is -0.587. The molecule has 2 rings (SSSR count). The highest BCUT2D eigenvalue weighted by atomic mass is 19.1. The zero-order chi connectivity index (χ0) is 13.8. The summed E-state index contributed by atoms with van der Waals surface area (Å²) >= 11 is 0. The standard InChI is InChI=1S/C14H19FN2O2/c1-9(10-4-6-19-7-5-10)17-14(18)12-8-11(16)2-3-13(12)15/h2-3,8-10H,4-7,16H2,1H3,(H,17,18). The Morgan fingerprint density at radius 2 is 2.16 bits per heavy atom. The van der Waals surface area contributed by atoms with Crippen LogP contribution in [0.1, 0.15) is 30.1 Å². The molecule has 0 radical (unpaired) electrons. The number of halogens is 1. The molecule has 4 nitrogen and oxygen atoms in total. The summed E-state index contributed by atoms with van der Waals surface area (Å²) in [5, 5.41) is 2.84. The molecular weight excluding hydrogens is 247 g/mol. The third-order valence-corrected chi connectivity index (χ3v) is 3.57. The molecule has 1 aromatic carbocycles. The fourth-order valence-electron chi connectivity index (χ4n) is 2.34. The fraction of sp³-hybridized carbons (Fsp3) is 0.500. The first-order chi connectivity index (χ1) is 9.08. The molecule has 3 N–H and O–H groups in total. The van der Waals surface area contributed by atoms with E-state index in [-0.39, 0.29) is 11.6 Å². The molecular formula is C14H19FN2O2. The number of carbonyl (C=O) groups excluding carboxylic acids is 1. The summed E-state index contributed by atoms with van der Waals surface area (Å²) in [4.78, 5) is 12.0. The number of nitrogen functional groups attached to an aromatic ring is 1. The van der Waals surface area contributed by atoms with Gasteiger partial charge < -0.3 is 15.8 Å². The first-order valence-electron chi connectivity index (χ1n) is 6.51. The summed E-state index contributed by atoms with van der Waals surface area (Å²) in [6.45, 7) is 3.38. The number of ether oxygens (including phenoxy) is 1. The van der Waals surface area contributed by atoms with Gasteiger partial charge in [0.15, 0.2) is 0 Å². The first-order valence-corrected chi connectivity index (χ1v) is 6.51. The van der Waals surface area contributed by atoms with Gasteiger partial charge in [0.1, 0.15) is 5.82 Å². The van der Waals surface area contributed by atoms with Crippen LogP contribution in [0, 0.1) is 11.7 Å². The summed E-state index contributed by atoms with van der Waals surface area (Å²) in [6.07, 6.45) is 1.84. The number of nitrogens with two attached hydrogens (primary N) is 1. The monoisotopic (exact) mass is 266 g/mol. The van der Waals surface area contributed by atoms with E-state index < -0.39 is 11.7 Å². The molecule has 0 spiro atoms. The van der Waals surface area contributed by atoms with Gasteiger partial charge in [-0.2, -0.15) is 0 Å². The minimum atomic E-state index is -0.550. The highest BCUT2D eigenvalue weighted by Gasteiger charge is 2.23. The number of hydrogen-bond acceptors (Lipinski definition) is 3. The van der Waals surface area contributed by atoms with Crippen molar-refractivity contribution in [1.29, 1.82) is 0 Å². The molecule has 1 saturated heterocycles. The van der Waals surface area contributed by atoms with Gasteiger partial charge in [0.25, 0.3) is 5.91 Å². The Morgan fingerprint density at radius 1 is 1.47 bits per heavy atom. The number of hydrogen-bond donors (Lipinski definition) is 2. The quantitative estimate of drug-likeness (QED) is 0.822. The van der Waals surface area contributed by atoms with Crippen LogP contribution < -0.4 is 11.1 Å². The normalized spacial score (nSPS) is 18.0. The molecule has 1 aliphatic heterocycles. The highest BCUT2D eigenvalue weighted by Crippen LogP contribution is 2.19. The SMILES string of the molecule is CC(NC(=O)c1cc(N)ccc1F)C1CCOCC1. The maximum Gasteiger partial charge on any atom is 0.254 e. The van der Waals surface area contributed by atoms with Gasteiger partial charge in [-0.05, 0) is 43.9 Å². The summed E-state index contributed by atoms with van der Waals surface area (Å²) in [5.41, 5.74) is 5.95. The number of benzene rings is 1. The summed E-state index contributed by atoms with van der Waals surface area (Å²) in [7, 11) is 0. The van der Waals surface area contributed by atoms with E-state index in [0.29, 0.717) is 11.6 Å². The van der Waals surface area contributed by atoms with E-state index >= 15 is 0 Å². The number of carbonyl (C=O) groups is 1. The van der Waals surface area contributed by atoms with Crippen LogP contribution in [0.5, 0.6) is 0 Å². The number of rotatable bonds is 3. The van der Waals surface area contributed by atoms with Crippen molar-refractivity contribution in [2.45, 2.75) is 25.8 Å². The van der Waals surface area contributed by atoms with Gasteiger partial charge in [0.05, 0.1) is 5.56 Å². The molecule has 1 atom stereocenters. The Bertz CT molecular complexity index is 459. The third-order valence-electron chi connectivity index (χ3n) is 3.57. The molecule has 1 heterocycles. The maximum absolute atomic E-state index is 13.6. The lowest BCUT2D eigenvalue weighted by Crippen LogP contribution is -2.40. The zero-order valence-electron chi connectivity index (χ0n) is 11.0. The van der Waals surface area contributed by atoms with Crippen LogP contribution in [0.2, 0.25) is 0 Å². The Morgan fingerprint density at radius 3 is 2.84 bits per heavy atom. The summed E-state index contributed by atoms with van der Waals surface area (Å²) < 4.78 is 18.9.